The lowest BCUT2D eigenvalue weighted by molar-refractivity contribution is -0.139. The zero-order chi connectivity index (χ0) is 13.1. The second-order valence-electron chi connectivity index (χ2n) is 3.92. The highest BCUT2D eigenvalue weighted by Crippen LogP contribution is 2.32. The smallest absolute Gasteiger partial charge is 0.384 e. The van der Waals surface area contributed by atoms with Crippen molar-refractivity contribution in [3.63, 3.8) is 0 Å². The van der Waals surface area contributed by atoms with E-state index in [0.29, 0.717) is 13.1 Å². The molecule has 2 nitrogen and oxygen atoms in total. The normalized spacial score (nSPS) is 11.9. The van der Waals surface area contributed by atoms with Crippen molar-refractivity contribution in [2.75, 3.05) is 32.5 Å². The maximum Gasteiger partial charge on any atom is 0.419 e. The van der Waals surface area contributed by atoms with Gasteiger partial charge in [-0.1, -0.05) is 0 Å². The molecule has 0 aliphatic heterocycles. The van der Waals surface area contributed by atoms with Gasteiger partial charge in [0.2, 0.25) is 0 Å². The van der Waals surface area contributed by atoms with E-state index in [1.54, 1.807) is 0 Å². The van der Waals surface area contributed by atoms with Gasteiger partial charge in [-0.25, -0.2) is 4.39 Å². The zero-order valence-corrected chi connectivity index (χ0v) is 9.61. The van der Waals surface area contributed by atoms with Crippen molar-refractivity contribution in [3.8, 4) is 0 Å². The van der Waals surface area contributed by atoms with Gasteiger partial charge in [0.15, 0.2) is 0 Å². The maximum atomic E-state index is 13.0. The molecule has 0 radical (unpaired) electrons. The number of alkyl halides is 3. The SMILES string of the molecule is CN(C)CCNc1ccc(F)c(C(F)(F)F)c1. The van der Waals surface area contributed by atoms with E-state index in [1.165, 1.54) is 6.07 Å². The summed E-state index contributed by atoms with van der Waals surface area (Å²) in [5, 5.41) is 2.81. The Labute approximate surface area is 97.2 Å². The van der Waals surface area contributed by atoms with Gasteiger partial charge >= 0.3 is 6.18 Å². The van der Waals surface area contributed by atoms with E-state index in [1.807, 2.05) is 19.0 Å². The number of likely N-dealkylation sites (N-methyl/N-ethyl adjacent to an activating group) is 1. The molecule has 1 aromatic rings. The first-order chi connectivity index (χ1) is 7.80. The molecule has 1 rings (SSSR count). The average Bonchev–Trinajstić information content (AvgIpc) is 2.18. The van der Waals surface area contributed by atoms with Crippen LogP contribution in [-0.2, 0) is 6.18 Å². The van der Waals surface area contributed by atoms with Crippen molar-refractivity contribution >= 4 is 5.69 Å². The molecule has 96 valence electrons. The molecule has 6 heteroatoms. The van der Waals surface area contributed by atoms with Crippen molar-refractivity contribution in [1.29, 1.82) is 0 Å². The predicted molar refractivity (Wildman–Crippen MR) is 58.4 cm³/mol. The number of hydrogen-bond acceptors (Lipinski definition) is 2. The predicted octanol–water partition coefficient (Wildman–Crippen LogP) is 2.82. The Balaban J connectivity index is 2.76. The van der Waals surface area contributed by atoms with Gasteiger partial charge in [-0.15, -0.1) is 0 Å². The van der Waals surface area contributed by atoms with Gasteiger partial charge < -0.3 is 10.2 Å². The highest BCUT2D eigenvalue weighted by Gasteiger charge is 2.34. The second-order valence-corrected chi connectivity index (χ2v) is 3.92. The number of anilines is 1. The third-order valence-electron chi connectivity index (χ3n) is 2.16. The largest absolute Gasteiger partial charge is 0.419 e. The lowest BCUT2D eigenvalue weighted by Gasteiger charge is -2.13. The number of benzene rings is 1. The van der Waals surface area contributed by atoms with Crippen LogP contribution in [0.5, 0.6) is 0 Å². The molecule has 0 saturated heterocycles. The van der Waals surface area contributed by atoms with Crippen molar-refractivity contribution < 1.29 is 17.6 Å². The summed E-state index contributed by atoms with van der Waals surface area (Å²) in [5.41, 5.74) is -0.979. The Morgan fingerprint density at radius 3 is 2.41 bits per heavy atom. The molecule has 0 aromatic heterocycles. The maximum absolute atomic E-state index is 13.0. The molecule has 0 atom stereocenters. The third-order valence-corrected chi connectivity index (χ3v) is 2.16. The van der Waals surface area contributed by atoms with Crippen LogP contribution in [0.1, 0.15) is 5.56 Å². The van der Waals surface area contributed by atoms with Crippen LogP contribution in [0.15, 0.2) is 18.2 Å². The highest BCUT2D eigenvalue weighted by molar-refractivity contribution is 5.47. The van der Waals surface area contributed by atoms with E-state index >= 15 is 0 Å². The summed E-state index contributed by atoms with van der Waals surface area (Å²) in [5.74, 6) is -1.25. The van der Waals surface area contributed by atoms with E-state index in [4.69, 9.17) is 0 Å². The second kappa shape index (κ2) is 5.35. The molecule has 0 heterocycles. The first-order valence-electron chi connectivity index (χ1n) is 5.06. The van der Waals surface area contributed by atoms with E-state index < -0.39 is 17.6 Å². The van der Waals surface area contributed by atoms with E-state index in [-0.39, 0.29) is 5.69 Å². The zero-order valence-electron chi connectivity index (χ0n) is 9.61. The molecule has 0 aliphatic rings. The van der Waals surface area contributed by atoms with Gasteiger partial charge in [0.1, 0.15) is 5.82 Å². The van der Waals surface area contributed by atoms with Gasteiger partial charge in [0.05, 0.1) is 5.56 Å². The van der Waals surface area contributed by atoms with Crippen LogP contribution in [0, 0.1) is 5.82 Å². The Morgan fingerprint density at radius 2 is 1.88 bits per heavy atom. The van der Waals surface area contributed by atoms with E-state index in [2.05, 4.69) is 5.32 Å². The molecule has 1 aromatic carbocycles. The van der Waals surface area contributed by atoms with Crippen molar-refractivity contribution in [3.05, 3.63) is 29.6 Å². The Kier molecular flexibility index (Phi) is 4.34. The molecular weight excluding hydrogens is 236 g/mol. The summed E-state index contributed by atoms with van der Waals surface area (Å²) in [6, 6.07) is 2.89. The van der Waals surface area contributed by atoms with Crippen molar-refractivity contribution in [2.24, 2.45) is 0 Å². The Hall–Kier alpha value is -1.30. The van der Waals surface area contributed by atoms with Crippen LogP contribution in [0.4, 0.5) is 23.2 Å². The monoisotopic (exact) mass is 250 g/mol. The Morgan fingerprint density at radius 1 is 1.24 bits per heavy atom. The molecular formula is C11H14F4N2. The molecule has 0 amide bonds. The fraction of sp³-hybridized carbons (Fsp3) is 0.455. The molecule has 1 N–H and O–H groups in total. The van der Waals surface area contributed by atoms with Crippen molar-refractivity contribution in [1.82, 2.24) is 4.90 Å². The summed E-state index contributed by atoms with van der Waals surface area (Å²) in [7, 11) is 3.71. The van der Waals surface area contributed by atoms with Crippen LogP contribution in [0.2, 0.25) is 0 Å². The molecule has 0 bridgehead atoms. The molecule has 0 unspecified atom stereocenters. The fourth-order valence-electron chi connectivity index (χ4n) is 1.28. The topological polar surface area (TPSA) is 15.3 Å². The summed E-state index contributed by atoms with van der Waals surface area (Å²) < 4.78 is 50.2. The summed E-state index contributed by atoms with van der Waals surface area (Å²) in [6.07, 6.45) is -4.66. The van der Waals surface area contributed by atoms with Gasteiger partial charge in [-0.3, -0.25) is 0 Å². The van der Waals surface area contributed by atoms with Crippen molar-refractivity contribution in [2.45, 2.75) is 6.18 Å². The number of rotatable bonds is 4. The molecule has 0 aliphatic carbocycles. The van der Waals surface area contributed by atoms with E-state index in [0.717, 1.165) is 12.1 Å². The first kappa shape index (κ1) is 13.8. The van der Waals surface area contributed by atoms with Gasteiger partial charge in [0, 0.05) is 18.8 Å². The van der Waals surface area contributed by atoms with Crippen LogP contribution >= 0.6 is 0 Å². The number of nitrogens with one attached hydrogen (secondary N) is 1. The summed E-state index contributed by atoms with van der Waals surface area (Å²) in [4.78, 5) is 1.89. The standard InChI is InChI=1S/C11H14F4N2/c1-17(2)6-5-16-8-3-4-10(12)9(7-8)11(13,14)15/h3-4,7,16H,5-6H2,1-2H3. The van der Waals surface area contributed by atoms with Crippen LogP contribution in [0.25, 0.3) is 0 Å². The first-order valence-corrected chi connectivity index (χ1v) is 5.06. The lowest BCUT2D eigenvalue weighted by atomic mass is 10.2. The summed E-state index contributed by atoms with van der Waals surface area (Å²) >= 11 is 0. The average molecular weight is 250 g/mol. The Bertz CT molecular complexity index is 374. The van der Waals surface area contributed by atoms with Crippen LogP contribution in [0.3, 0.4) is 0 Å². The number of nitrogens with zero attached hydrogens (tertiary/aromatic N) is 1. The van der Waals surface area contributed by atoms with Gasteiger partial charge in [-0.05, 0) is 32.3 Å². The number of hydrogen-bond donors (Lipinski definition) is 1. The minimum atomic E-state index is -4.66. The highest BCUT2D eigenvalue weighted by atomic mass is 19.4. The molecule has 0 saturated carbocycles. The van der Waals surface area contributed by atoms with Crippen LogP contribution < -0.4 is 5.32 Å². The fourth-order valence-corrected chi connectivity index (χ4v) is 1.28. The lowest BCUT2D eigenvalue weighted by Crippen LogP contribution is -2.21. The number of halogens is 4. The quantitative estimate of drug-likeness (QED) is 0.827. The van der Waals surface area contributed by atoms with Gasteiger partial charge in [-0.2, -0.15) is 13.2 Å². The third kappa shape index (κ3) is 4.22. The molecule has 0 spiro atoms. The minimum Gasteiger partial charge on any atom is -0.384 e. The molecule has 17 heavy (non-hydrogen) atoms. The van der Waals surface area contributed by atoms with Crippen LogP contribution in [-0.4, -0.2) is 32.1 Å². The van der Waals surface area contributed by atoms with Gasteiger partial charge in [0.25, 0.3) is 0 Å². The molecule has 0 fully saturated rings. The summed E-state index contributed by atoms with van der Waals surface area (Å²) in [6.45, 7) is 1.18. The minimum absolute atomic E-state index is 0.264. The van der Waals surface area contributed by atoms with E-state index in [9.17, 15) is 17.6 Å².